The molecule has 4 aromatic rings. The van der Waals surface area contributed by atoms with Gasteiger partial charge in [-0.25, -0.2) is 13.4 Å². The lowest BCUT2D eigenvalue weighted by atomic mass is 10.1. The summed E-state index contributed by atoms with van der Waals surface area (Å²) in [6, 6.07) is 19.4. The predicted octanol–water partition coefficient (Wildman–Crippen LogP) is 4.53. The van der Waals surface area contributed by atoms with Crippen molar-refractivity contribution in [2.45, 2.75) is 32.2 Å². The maximum atomic E-state index is 13.0. The number of hydrogen-bond acceptors (Lipinski definition) is 4. The van der Waals surface area contributed by atoms with E-state index < -0.39 is 10.0 Å². The van der Waals surface area contributed by atoms with Gasteiger partial charge in [0.15, 0.2) is 0 Å². The maximum Gasteiger partial charge on any atom is 0.261 e. The highest BCUT2D eigenvalue weighted by atomic mass is 32.2. The third kappa shape index (κ3) is 4.87. The highest BCUT2D eigenvalue weighted by molar-refractivity contribution is 7.92. The van der Waals surface area contributed by atoms with Gasteiger partial charge in [0.05, 0.1) is 16.3 Å². The number of imidazole rings is 1. The quantitative estimate of drug-likeness (QED) is 0.412. The van der Waals surface area contributed by atoms with Crippen LogP contribution in [0, 0.1) is 20.8 Å². The Balaban J connectivity index is 1.53. The minimum atomic E-state index is -3.78. The van der Waals surface area contributed by atoms with Crippen LogP contribution in [-0.2, 0) is 16.6 Å². The van der Waals surface area contributed by atoms with Crippen molar-refractivity contribution in [3.63, 3.8) is 0 Å². The summed E-state index contributed by atoms with van der Waals surface area (Å²) in [5.74, 6) is 0.564. The molecule has 0 fully saturated rings. The molecular weight excluding hydrogens is 448 g/mol. The highest BCUT2D eigenvalue weighted by Crippen LogP contribution is 2.23. The van der Waals surface area contributed by atoms with E-state index in [0.717, 1.165) is 22.6 Å². The number of sulfonamides is 1. The number of aryl methyl sites for hydroxylation is 2. The van der Waals surface area contributed by atoms with Crippen LogP contribution in [-0.4, -0.2) is 23.9 Å². The van der Waals surface area contributed by atoms with Gasteiger partial charge in [0.2, 0.25) is 0 Å². The lowest BCUT2D eigenvalue weighted by Gasteiger charge is -2.15. The van der Waals surface area contributed by atoms with Gasteiger partial charge in [0.25, 0.3) is 15.9 Å². The van der Waals surface area contributed by atoms with E-state index in [9.17, 15) is 13.2 Å². The molecule has 0 radical (unpaired) electrons. The Morgan fingerprint density at radius 2 is 1.68 bits per heavy atom. The Bertz CT molecular complexity index is 1440. The summed E-state index contributed by atoms with van der Waals surface area (Å²) in [4.78, 5) is 17.5. The zero-order chi connectivity index (χ0) is 24.3. The van der Waals surface area contributed by atoms with E-state index in [1.165, 1.54) is 0 Å². The van der Waals surface area contributed by atoms with E-state index in [1.807, 2.05) is 48.9 Å². The summed E-state index contributed by atoms with van der Waals surface area (Å²) in [6.07, 6.45) is 3.61. The monoisotopic (exact) mass is 474 g/mol. The molecule has 0 spiro atoms. The summed E-state index contributed by atoms with van der Waals surface area (Å²) < 4.78 is 30.2. The summed E-state index contributed by atoms with van der Waals surface area (Å²) in [7, 11) is -3.78. The molecule has 0 aliphatic heterocycles. The molecule has 2 N–H and O–H groups in total. The van der Waals surface area contributed by atoms with Crippen LogP contribution in [0.4, 0.5) is 5.69 Å². The van der Waals surface area contributed by atoms with Crippen LogP contribution in [0.3, 0.4) is 0 Å². The second kappa shape index (κ2) is 9.52. The molecule has 3 aromatic carbocycles. The average molecular weight is 475 g/mol. The van der Waals surface area contributed by atoms with Crippen LogP contribution in [0.25, 0.3) is 5.69 Å². The molecule has 0 bridgehead atoms. The summed E-state index contributed by atoms with van der Waals surface area (Å²) >= 11 is 0. The molecule has 0 saturated carbocycles. The first-order valence-electron chi connectivity index (χ1n) is 10.8. The zero-order valence-electron chi connectivity index (χ0n) is 19.2. The van der Waals surface area contributed by atoms with Crippen molar-refractivity contribution in [2.24, 2.45) is 0 Å². The van der Waals surface area contributed by atoms with Gasteiger partial charge in [-0.05, 0) is 62.2 Å². The first kappa shape index (κ1) is 23.3. The molecule has 7 nitrogen and oxygen atoms in total. The van der Waals surface area contributed by atoms with E-state index in [-0.39, 0.29) is 10.8 Å². The Morgan fingerprint density at radius 1 is 0.941 bits per heavy atom. The fraction of sp³-hybridized carbons (Fsp3) is 0.154. The minimum absolute atomic E-state index is 0.166. The summed E-state index contributed by atoms with van der Waals surface area (Å²) in [5.41, 5.74) is 4.16. The van der Waals surface area contributed by atoms with Crippen LogP contribution in [0.15, 0.2) is 84.0 Å². The van der Waals surface area contributed by atoms with Crippen molar-refractivity contribution in [2.75, 3.05) is 4.72 Å². The van der Waals surface area contributed by atoms with E-state index in [1.54, 1.807) is 55.6 Å². The van der Waals surface area contributed by atoms with Crippen molar-refractivity contribution in [3.05, 3.63) is 107 Å². The van der Waals surface area contributed by atoms with Gasteiger partial charge in [-0.2, -0.15) is 0 Å². The van der Waals surface area contributed by atoms with E-state index in [4.69, 9.17) is 0 Å². The average Bonchev–Trinajstić information content (AvgIpc) is 3.25. The van der Waals surface area contributed by atoms with E-state index in [0.29, 0.717) is 23.4 Å². The molecule has 1 heterocycles. The van der Waals surface area contributed by atoms with Crippen LogP contribution >= 0.6 is 0 Å². The number of benzene rings is 3. The number of anilines is 1. The van der Waals surface area contributed by atoms with Crippen LogP contribution in [0.5, 0.6) is 0 Å². The molecule has 0 aliphatic carbocycles. The van der Waals surface area contributed by atoms with Crippen LogP contribution in [0.1, 0.15) is 32.9 Å². The number of carbonyl (C=O) groups is 1. The van der Waals surface area contributed by atoms with Crippen molar-refractivity contribution >= 4 is 21.6 Å². The molecule has 1 amide bonds. The molecular formula is C26H26N4O3S. The van der Waals surface area contributed by atoms with Crippen molar-refractivity contribution in [3.8, 4) is 5.69 Å². The van der Waals surface area contributed by atoms with Gasteiger partial charge in [0, 0.05) is 24.5 Å². The standard InChI is InChI=1S/C26H26N4O3S/c1-18-11-13-22(14-12-18)34(32,33)29-24-9-6-8-23(19(24)2)26(31)28-17-21-7-4-5-10-25(21)30-16-15-27-20(30)3/h4-16,29H,17H2,1-3H3,(H,28,31). The summed E-state index contributed by atoms with van der Waals surface area (Å²) in [6.45, 7) is 5.85. The molecule has 34 heavy (non-hydrogen) atoms. The van der Waals surface area contributed by atoms with E-state index in [2.05, 4.69) is 15.0 Å². The Hall–Kier alpha value is -3.91. The number of aromatic nitrogens is 2. The minimum Gasteiger partial charge on any atom is -0.348 e. The van der Waals surface area contributed by atoms with Gasteiger partial charge in [-0.3, -0.25) is 9.52 Å². The number of nitrogens with one attached hydrogen (secondary N) is 2. The molecule has 4 rings (SSSR count). The molecule has 0 atom stereocenters. The number of hydrogen-bond donors (Lipinski definition) is 2. The third-order valence-corrected chi connectivity index (χ3v) is 7.05. The predicted molar refractivity (Wildman–Crippen MR) is 133 cm³/mol. The SMILES string of the molecule is Cc1ccc(S(=O)(=O)Nc2cccc(C(=O)NCc3ccccc3-n3ccnc3C)c2C)cc1. The molecule has 174 valence electrons. The second-order valence-electron chi connectivity index (χ2n) is 8.05. The lowest BCUT2D eigenvalue weighted by molar-refractivity contribution is 0.0950. The summed E-state index contributed by atoms with van der Waals surface area (Å²) in [5, 5.41) is 2.96. The van der Waals surface area contributed by atoms with Gasteiger partial charge < -0.3 is 9.88 Å². The fourth-order valence-electron chi connectivity index (χ4n) is 3.71. The maximum absolute atomic E-state index is 13.0. The van der Waals surface area contributed by atoms with Gasteiger partial charge in [0.1, 0.15) is 5.82 Å². The van der Waals surface area contributed by atoms with Crippen LogP contribution < -0.4 is 10.0 Å². The highest BCUT2D eigenvalue weighted by Gasteiger charge is 2.18. The third-order valence-electron chi connectivity index (χ3n) is 5.67. The topological polar surface area (TPSA) is 93.1 Å². The first-order chi connectivity index (χ1) is 16.3. The smallest absolute Gasteiger partial charge is 0.261 e. The Kier molecular flexibility index (Phi) is 6.51. The number of amides is 1. The number of rotatable bonds is 7. The van der Waals surface area contributed by atoms with Gasteiger partial charge >= 0.3 is 0 Å². The lowest BCUT2D eigenvalue weighted by Crippen LogP contribution is -2.25. The molecule has 0 aliphatic rings. The Morgan fingerprint density at radius 3 is 2.38 bits per heavy atom. The molecule has 0 unspecified atom stereocenters. The molecule has 1 aromatic heterocycles. The van der Waals surface area contributed by atoms with Crippen molar-refractivity contribution in [1.82, 2.24) is 14.9 Å². The fourth-order valence-corrected chi connectivity index (χ4v) is 4.83. The largest absolute Gasteiger partial charge is 0.348 e. The van der Waals surface area contributed by atoms with Gasteiger partial charge in [-0.15, -0.1) is 0 Å². The molecule has 0 saturated heterocycles. The van der Waals surface area contributed by atoms with Crippen molar-refractivity contribution < 1.29 is 13.2 Å². The van der Waals surface area contributed by atoms with E-state index >= 15 is 0 Å². The zero-order valence-corrected chi connectivity index (χ0v) is 20.1. The number of para-hydroxylation sites is 1. The number of carbonyl (C=O) groups excluding carboxylic acids is 1. The molecule has 8 heteroatoms. The first-order valence-corrected chi connectivity index (χ1v) is 12.3. The second-order valence-corrected chi connectivity index (χ2v) is 9.73. The van der Waals surface area contributed by atoms with Crippen LogP contribution in [0.2, 0.25) is 0 Å². The normalized spacial score (nSPS) is 11.3. The van der Waals surface area contributed by atoms with Crippen molar-refractivity contribution in [1.29, 1.82) is 0 Å². The van der Waals surface area contributed by atoms with Gasteiger partial charge in [-0.1, -0.05) is 42.0 Å². The number of nitrogens with zero attached hydrogens (tertiary/aromatic N) is 2. The Labute approximate surface area is 199 Å².